The first-order valence-electron chi connectivity index (χ1n) is 5.21. The number of halogens is 1. The Morgan fingerprint density at radius 2 is 1.88 bits per heavy atom. The van der Waals surface area contributed by atoms with Gasteiger partial charge in [-0.25, -0.2) is 4.39 Å². The number of rotatable bonds is 4. The fourth-order valence-electron chi connectivity index (χ4n) is 1.47. The number of benzene rings is 2. The van der Waals surface area contributed by atoms with Gasteiger partial charge in [-0.05, 0) is 23.8 Å². The number of thioether (sulfide) groups is 1. The summed E-state index contributed by atoms with van der Waals surface area (Å²) in [4.78, 5) is 11.5. The number of carbonyl (C=O) groups excluding carboxylic acids is 1. The molecule has 0 radical (unpaired) electrons. The molecular formula is C14H11FOS. The monoisotopic (exact) mass is 246 g/mol. The van der Waals surface area contributed by atoms with Crippen LogP contribution in [0.1, 0.15) is 15.9 Å². The minimum atomic E-state index is -0.314. The predicted octanol–water partition coefficient (Wildman–Crippen LogP) is 3.93. The molecule has 17 heavy (non-hydrogen) atoms. The van der Waals surface area contributed by atoms with Crippen LogP contribution in [0.5, 0.6) is 0 Å². The zero-order valence-electron chi connectivity index (χ0n) is 9.10. The molecule has 0 atom stereocenters. The summed E-state index contributed by atoms with van der Waals surface area (Å²) >= 11 is 1.47. The molecule has 0 aromatic heterocycles. The van der Waals surface area contributed by atoms with Crippen molar-refractivity contribution in [2.24, 2.45) is 0 Å². The van der Waals surface area contributed by atoms with Gasteiger partial charge in [0, 0.05) is 16.2 Å². The summed E-state index contributed by atoms with van der Waals surface area (Å²) in [5, 5.41) is 0. The SMILES string of the molecule is O=Cc1ccc(F)cc1SCc1ccccc1. The van der Waals surface area contributed by atoms with Gasteiger partial charge in [-0.15, -0.1) is 11.8 Å². The number of aldehydes is 1. The molecule has 3 heteroatoms. The third-order valence-corrected chi connectivity index (χ3v) is 3.48. The van der Waals surface area contributed by atoms with Crippen molar-refractivity contribution >= 4 is 18.0 Å². The minimum absolute atomic E-state index is 0.314. The van der Waals surface area contributed by atoms with Gasteiger partial charge in [0.2, 0.25) is 0 Å². The van der Waals surface area contributed by atoms with Crippen molar-refractivity contribution in [2.45, 2.75) is 10.6 Å². The molecule has 86 valence electrons. The van der Waals surface area contributed by atoms with Gasteiger partial charge in [0.25, 0.3) is 0 Å². The zero-order valence-corrected chi connectivity index (χ0v) is 9.91. The molecule has 0 amide bonds. The Morgan fingerprint density at radius 1 is 1.12 bits per heavy atom. The minimum Gasteiger partial charge on any atom is -0.298 e. The lowest BCUT2D eigenvalue weighted by Gasteiger charge is -2.04. The van der Waals surface area contributed by atoms with E-state index in [-0.39, 0.29) is 5.82 Å². The molecule has 0 bridgehead atoms. The second-order valence-electron chi connectivity index (χ2n) is 3.57. The van der Waals surface area contributed by atoms with E-state index in [1.54, 1.807) is 0 Å². The van der Waals surface area contributed by atoms with Crippen LogP contribution in [0.3, 0.4) is 0 Å². The van der Waals surface area contributed by atoms with E-state index in [0.717, 1.165) is 17.6 Å². The first-order valence-corrected chi connectivity index (χ1v) is 6.19. The van der Waals surface area contributed by atoms with E-state index in [0.29, 0.717) is 10.5 Å². The highest BCUT2D eigenvalue weighted by molar-refractivity contribution is 7.98. The Morgan fingerprint density at radius 3 is 2.59 bits per heavy atom. The molecule has 0 heterocycles. The van der Waals surface area contributed by atoms with Crippen molar-refractivity contribution in [2.75, 3.05) is 0 Å². The first-order chi connectivity index (χ1) is 8.29. The second-order valence-corrected chi connectivity index (χ2v) is 4.59. The van der Waals surface area contributed by atoms with Crippen LogP contribution in [-0.2, 0) is 5.75 Å². The van der Waals surface area contributed by atoms with Crippen LogP contribution in [0.2, 0.25) is 0 Å². The fourth-order valence-corrected chi connectivity index (χ4v) is 2.46. The van der Waals surface area contributed by atoms with E-state index in [2.05, 4.69) is 0 Å². The maximum absolute atomic E-state index is 13.1. The van der Waals surface area contributed by atoms with E-state index in [1.165, 1.54) is 30.0 Å². The van der Waals surface area contributed by atoms with Crippen molar-refractivity contribution in [1.29, 1.82) is 0 Å². The summed E-state index contributed by atoms with van der Waals surface area (Å²) < 4.78 is 13.1. The van der Waals surface area contributed by atoms with E-state index in [1.807, 2.05) is 30.3 Å². The Labute approximate surface area is 104 Å². The third-order valence-electron chi connectivity index (χ3n) is 2.34. The molecule has 0 spiro atoms. The average Bonchev–Trinajstić information content (AvgIpc) is 2.38. The molecule has 0 N–H and O–H groups in total. The predicted molar refractivity (Wildman–Crippen MR) is 67.8 cm³/mol. The van der Waals surface area contributed by atoms with E-state index in [9.17, 15) is 9.18 Å². The summed E-state index contributed by atoms with van der Waals surface area (Å²) in [5.74, 6) is 0.414. The summed E-state index contributed by atoms with van der Waals surface area (Å²) in [6, 6.07) is 14.1. The fraction of sp³-hybridized carbons (Fsp3) is 0.0714. The number of carbonyl (C=O) groups is 1. The van der Waals surface area contributed by atoms with Crippen molar-refractivity contribution in [3.8, 4) is 0 Å². The molecule has 2 aromatic carbocycles. The molecule has 0 aliphatic carbocycles. The van der Waals surface area contributed by atoms with Crippen molar-refractivity contribution in [3.05, 3.63) is 65.5 Å². The largest absolute Gasteiger partial charge is 0.298 e. The van der Waals surface area contributed by atoms with Gasteiger partial charge in [0.15, 0.2) is 6.29 Å². The summed E-state index contributed by atoms with van der Waals surface area (Å²) in [6.45, 7) is 0. The van der Waals surface area contributed by atoms with Gasteiger partial charge in [0.05, 0.1) is 0 Å². The van der Waals surface area contributed by atoms with Gasteiger partial charge in [0.1, 0.15) is 5.82 Å². The Balaban J connectivity index is 2.13. The Hall–Kier alpha value is -1.61. The van der Waals surface area contributed by atoms with E-state index < -0.39 is 0 Å². The van der Waals surface area contributed by atoms with Gasteiger partial charge in [-0.3, -0.25) is 4.79 Å². The highest BCUT2D eigenvalue weighted by atomic mass is 32.2. The third kappa shape index (κ3) is 3.17. The smallest absolute Gasteiger partial charge is 0.151 e. The second kappa shape index (κ2) is 5.64. The molecule has 2 rings (SSSR count). The van der Waals surface area contributed by atoms with Crippen LogP contribution in [0.25, 0.3) is 0 Å². The summed E-state index contributed by atoms with van der Waals surface area (Å²) in [6.07, 6.45) is 0.757. The lowest BCUT2D eigenvalue weighted by atomic mass is 10.2. The maximum atomic E-state index is 13.1. The summed E-state index contributed by atoms with van der Waals surface area (Å²) in [7, 11) is 0. The maximum Gasteiger partial charge on any atom is 0.151 e. The molecule has 0 fully saturated rings. The van der Waals surface area contributed by atoms with Crippen LogP contribution in [0.4, 0.5) is 4.39 Å². The molecule has 0 unspecified atom stereocenters. The molecule has 0 aliphatic rings. The van der Waals surface area contributed by atoms with Gasteiger partial charge in [-0.2, -0.15) is 0 Å². The summed E-state index contributed by atoms with van der Waals surface area (Å²) in [5.41, 5.74) is 1.69. The number of hydrogen-bond donors (Lipinski definition) is 0. The Kier molecular flexibility index (Phi) is 3.94. The molecule has 0 saturated carbocycles. The normalized spacial score (nSPS) is 10.2. The van der Waals surface area contributed by atoms with E-state index >= 15 is 0 Å². The molecule has 0 saturated heterocycles. The van der Waals surface area contributed by atoms with E-state index in [4.69, 9.17) is 0 Å². The number of hydrogen-bond acceptors (Lipinski definition) is 2. The van der Waals surface area contributed by atoms with Crippen LogP contribution < -0.4 is 0 Å². The topological polar surface area (TPSA) is 17.1 Å². The Bertz CT molecular complexity index is 511. The van der Waals surface area contributed by atoms with Crippen molar-refractivity contribution in [3.63, 3.8) is 0 Å². The van der Waals surface area contributed by atoms with Crippen LogP contribution in [0, 0.1) is 5.82 Å². The lowest BCUT2D eigenvalue weighted by Crippen LogP contribution is -1.88. The average molecular weight is 246 g/mol. The molecule has 1 nitrogen and oxygen atoms in total. The molecular weight excluding hydrogens is 235 g/mol. The quantitative estimate of drug-likeness (QED) is 0.600. The van der Waals surface area contributed by atoms with Crippen LogP contribution >= 0.6 is 11.8 Å². The lowest BCUT2D eigenvalue weighted by molar-refractivity contribution is 0.112. The van der Waals surface area contributed by atoms with Crippen LogP contribution in [-0.4, -0.2) is 6.29 Å². The molecule has 0 aliphatic heterocycles. The zero-order chi connectivity index (χ0) is 12.1. The highest BCUT2D eigenvalue weighted by Crippen LogP contribution is 2.26. The van der Waals surface area contributed by atoms with Gasteiger partial charge in [-0.1, -0.05) is 30.3 Å². The van der Waals surface area contributed by atoms with Crippen molar-refractivity contribution < 1.29 is 9.18 Å². The first kappa shape index (κ1) is 11.9. The molecule has 2 aromatic rings. The van der Waals surface area contributed by atoms with Crippen molar-refractivity contribution in [1.82, 2.24) is 0 Å². The van der Waals surface area contributed by atoms with Crippen LogP contribution in [0.15, 0.2) is 53.4 Å². The van der Waals surface area contributed by atoms with Gasteiger partial charge >= 0.3 is 0 Å². The highest BCUT2D eigenvalue weighted by Gasteiger charge is 2.04. The van der Waals surface area contributed by atoms with Gasteiger partial charge < -0.3 is 0 Å². The standard InChI is InChI=1S/C14H11FOS/c15-13-7-6-12(9-16)14(8-13)17-10-11-4-2-1-3-5-11/h1-9H,10H2.